The maximum Gasteiger partial charge on any atom is 0.119 e. The zero-order chi connectivity index (χ0) is 11.1. The van der Waals surface area contributed by atoms with Crippen molar-refractivity contribution in [3.05, 3.63) is 29.8 Å². The summed E-state index contributed by atoms with van der Waals surface area (Å²) >= 11 is 1.90. The maximum atomic E-state index is 6.08. The maximum absolute atomic E-state index is 6.08. The third-order valence-electron chi connectivity index (χ3n) is 2.17. The molecule has 0 aliphatic carbocycles. The van der Waals surface area contributed by atoms with Crippen LogP contribution in [0.15, 0.2) is 24.3 Å². The van der Waals surface area contributed by atoms with E-state index in [1.807, 2.05) is 30.0 Å². The van der Waals surface area contributed by atoms with Crippen LogP contribution in [0.2, 0.25) is 0 Å². The molecule has 0 heterocycles. The number of methoxy groups -OCH3 is 1. The van der Waals surface area contributed by atoms with Crippen LogP contribution in [0.1, 0.15) is 24.9 Å². The molecule has 2 nitrogen and oxygen atoms in total. The summed E-state index contributed by atoms with van der Waals surface area (Å²) in [4.78, 5) is 0. The number of benzene rings is 1. The van der Waals surface area contributed by atoms with Gasteiger partial charge in [0.05, 0.1) is 7.11 Å². The summed E-state index contributed by atoms with van der Waals surface area (Å²) in [5, 5.41) is 0. The lowest BCUT2D eigenvalue weighted by Gasteiger charge is -2.12. The largest absolute Gasteiger partial charge is 0.497 e. The van der Waals surface area contributed by atoms with E-state index in [4.69, 9.17) is 10.5 Å². The third-order valence-corrected chi connectivity index (χ3v) is 3.46. The number of ether oxygens (including phenoxy) is 1. The summed E-state index contributed by atoms with van der Waals surface area (Å²) in [6.07, 6.45) is 1.20. The SMILES string of the molecule is CCCSCC(N)c1cccc(OC)c1. The first-order chi connectivity index (χ1) is 7.27. The van der Waals surface area contributed by atoms with Gasteiger partial charge in [0.25, 0.3) is 0 Å². The first-order valence-electron chi connectivity index (χ1n) is 5.25. The molecule has 1 aromatic carbocycles. The summed E-state index contributed by atoms with van der Waals surface area (Å²) in [6, 6.07) is 8.10. The average Bonchev–Trinajstić information content (AvgIpc) is 2.29. The number of hydrogen-bond donors (Lipinski definition) is 1. The molecule has 0 aliphatic rings. The number of thioether (sulfide) groups is 1. The van der Waals surface area contributed by atoms with Gasteiger partial charge in [-0.05, 0) is 29.9 Å². The molecule has 1 rings (SSSR count). The molecule has 1 unspecified atom stereocenters. The number of nitrogens with two attached hydrogens (primary N) is 1. The van der Waals surface area contributed by atoms with Crippen molar-refractivity contribution in [1.29, 1.82) is 0 Å². The van der Waals surface area contributed by atoms with Crippen LogP contribution in [0.25, 0.3) is 0 Å². The first kappa shape index (κ1) is 12.4. The molecule has 0 amide bonds. The molecule has 84 valence electrons. The van der Waals surface area contributed by atoms with Gasteiger partial charge in [-0.2, -0.15) is 11.8 Å². The van der Waals surface area contributed by atoms with E-state index in [-0.39, 0.29) is 6.04 Å². The fourth-order valence-corrected chi connectivity index (χ4v) is 2.22. The van der Waals surface area contributed by atoms with E-state index in [1.54, 1.807) is 7.11 Å². The number of hydrogen-bond acceptors (Lipinski definition) is 3. The zero-order valence-corrected chi connectivity index (χ0v) is 10.2. The van der Waals surface area contributed by atoms with E-state index < -0.39 is 0 Å². The Bertz CT molecular complexity index is 291. The van der Waals surface area contributed by atoms with Crippen molar-refractivity contribution in [3.8, 4) is 5.75 Å². The van der Waals surface area contributed by atoms with Gasteiger partial charge in [-0.25, -0.2) is 0 Å². The smallest absolute Gasteiger partial charge is 0.119 e. The standard InChI is InChI=1S/C12H19NOS/c1-3-7-15-9-12(13)10-5-4-6-11(8-10)14-2/h4-6,8,12H,3,7,9,13H2,1-2H3. The predicted molar refractivity (Wildman–Crippen MR) is 67.5 cm³/mol. The Balaban J connectivity index is 2.52. The molecule has 0 saturated carbocycles. The van der Waals surface area contributed by atoms with Crippen LogP contribution in [0.5, 0.6) is 5.75 Å². The van der Waals surface area contributed by atoms with E-state index in [9.17, 15) is 0 Å². The Labute approximate surface area is 96.2 Å². The van der Waals surface area contributed by atoms with Gasteiger partial charge in [0.15, 0.2) is 0 Å². The van der Waals surface area contributed by atoms with Crippen LogP contribution in [0.3, 0.4) is 0 Å². The Hall–Kier alpha value is -0.670. The van der Waals surface area contributed by atoms with Crippen molar-refractivity contribution in [3.63, 3.8) is 0 Å². The molecule has 0 spiro atoms. The van der Waals surface area contributed by atoms with E-state index in [0.29, 0.717) is 0 Å². The molecular formula is C12H19NOS. The molecule has 1 aromatic rings. The normalized spacial score (nSPS) is 12.5. The Morgan fingerprint density at radius 1 is 1.47 bits per heavy atom. The van der Waals surface area contributed by atoms with Gasteiger partial charge in [0.1, 0.15) is 5.75 Å². The van der Waals surface area contributed by atoms with E-state index in [0.717, 1.165) is 17.1 Å². The van der Waals surface area contributed by atoms with Gasteiger partial charge >= 0.3 is 0 Å². The van der Waals surface area contributed by atoms with Gasteiger partial charge in [-0.3, -0.25) is 0 Å². The molecule has 0 bridgehead atoms. The van der Waals surface area contributed by atoms with Gasteiger partial charge in [-0.15, -0.1) is 0 Å². The Morgan fingerprint density at radius 3 is 2.93 bits per heavy atom. The van der Waals surface area contributed by atoms with E-state index in [2.05, 4.69) is 13.0 Å². The van der Waals surface area contributed by atoms with Crippen LogP contribution in [0, 0.1) is 0 Å². The number of rotatable bonds is 6. The van der Waals surface area contributed by atoms with Crippen molar-refractivity contribution >= 4 is 11.8 Å². The highest BCUT2D eigenvalue weighted by molar-refractivity contribution is 7.99. The summed E-state index contributed by atoms with van der Waals surface area (Å²) < 4.78 is 5.17. The molecule has 0 fully saturated rings. The second-order valence-corrected chi connectivity index (χ2v) is 4.61. The Morgan fingerprint density at radius 2 is 2.27 bits per heavy atom. The van der Waals surface area contributed by atoms with Crippen LogP contribution in [-0.4, -0.2) is 18.6 Å². The molecule has 1 atom stereocenters. The Kier molecular flexibility index (Phi) is 5.58. The summed E-state index contributed by atoms with van der Waals surface area (Å²) in [6.45, 7) is 2.18. The third kappa shape index (κ3) is 4.14. The monoisotopic (exact) mass is 225 g/mol. The van der Waals surface area contributed by atoms with Crippen molar-refractivity contribution in [2.24, 2.45) is 5.73 Å². The van der Waals surface area contributed by atoms with Gasteiger partial charge in [0, 0.05) is 11.8 Å². The first-order valence-corrected chi connectivity index (χ1v) is 6.40. The van der Waals surface area contributed by atoms with Crippen molar-refractivity contribution in [2.75, 3.05) is 18.6 Å². The van der Waals surface area contributed by atoms with Crippen LogP contribution in [-0.2, 0) is 0 Å². The van der Waals surface area contributed by atoms with Crippen LogP contribution >= 0.6 is 11.8 Å². The molecule has 3 heteroatoms. The van der Waals surface area contributed by atoms with Gasteiger partial charge in [0.2, 0.25) is 0 Å². The van der Waals surface area contributed by atoms with Gasteiger partial charge < -0.3 is 10.5 Å². The predicted octanol–water partition coefficient (Wildman–Crippen LogP) is 2.84. The van der Waals surface area contributed by atoms with E-state index in [1.165, 1.54) is 12.2 Å². The van der Waals surface area contributed by atoms with Gasteiger partial charge in [-0.1, -0.05) is 19.1 Å². The lowest BCUT2D eigenvalue weighted by molar-refractivity contribution is 0.414. The molecule has 0 radical (unpaired) electrons. The minimum Gasteiger partial charge on any atom is -0.497 e. The lowest BCUT2D eigenvalue weighted by atomic mass is 10.1. The minimum absolute atomic E-state index is 0.108. The molecule has 2 N–H and O–H groups in total. The molecule has 15 heavy (non-hydrogen) atoms. The molecule has 0 aliphatic heterocycles. The van der Waals surface area contributed by atoms with Crippen molar-refractivity contribution in [1.82, 2.24) is 0 Å². The summed E-state index contributed by atoms with van der Waals surface area (Å²) in [7, 11) is 1.68. The average molecular weight is 225 g/mol. The quantitative estimate of drug-likeness (QED) is 0.756. The highest BCUT2D eigenvalue weighted by Gasteiger charge is 2.06. The van der Waals surface area contributed by atoms with Crippen LogP contribution in [0.4, 0.5) is 0 Å². The molecule has 0 saturated heterocycles. The van der Waals surface area contributed by atoms with Crippen LogP contribution < -0.4 is 10.5 Å². The topological polar surface area (TPSA) is 35.2 Å². The van der Waals surface area contributed by atoms with Crippen molar-refractivity contribution < 1.29 is 4.74 Å². The lowest BCUT2D eigenvalue weighted by Crippen LogP contribution is -2.13. The second kappa shape index (κ2) is 6.75. The van der Waals surface area contributed by atoms with E-state index >= 15 is 0 Å². The summed E-state index contributed by atoms with van der Waals surface area (Å²) in [5.41, 5.74) is 7.23. The highest BCUT2D eigenvalue weighted by atomic mass is 32.2. The van der Waals surface area contributed by atoms with Crippen molar-refractivity contribution in [2.45, 2.75) is 19.4 Å². The fourth-order valence-electron chi connectivity index (χ4n) is 1.32. The summed E-state index contributed by atoms with van der Waals surface area (Å²) in [5.74, 6) is 3.03. The fraction of sp³-hybridized carbons (Fsp3) is 0.500. The molecule has 0 aromatic heterocycles. The zero-order valence-electron chi connectivity index (χ0n) is 9.40. The minimum atomic E-state index is 0.108. The second-order valence-electron chi connectivity index (χ2n) is 3.46. The highest BCUT2D eigenvalue weighted by Crippen LogP contribution is 2.20. The molecular weight excluding hydrogens is 206 g/mol.